The fraction of sp³-hybridized carbons (Fsp3) is 0.600. The lowest BCUT2D eigenvalue weighted by Crippen LogP contribution is -2.28. The molecular formula is C15H24NO2P. The Morgan fingerprint density at radius 1 is 1.26 bits per heavy atom. The van der Waals surface area contributed by atoms with Gasteiger partial charge in [-0.15, -0.1) is 0 Å². The van der Waals surface area contributed by atoms with Gasteiger partial charge in [-0.3, -0.25) is 4.57 Å². The molecule has 2 rings (SSSR count). The summed E-state index contributed by atoms with van der Waals surface area (Å²) in [7, 11) is -2.45. The Balaban J connectivity index is 1.73. The van der Waals surface area contributed by atoms with E-state index in [0.717, 1.165) is 31.0 Å². The molecular weight excluding hydrogens is 257 g/mol. The lowest BCUT2D eigenvalue weighted by atomic mass is 9.96. The minimum atomic E-state index is -2.45. The second kappa shape index (κ2) is 7.23. The van der Waals surface area contributed by atoms with Crippen molar-refractivity contribution < 1.29 is 9.09 Å². The minimum Gasteiger partial charge on any atom is -0.324 e. The van der Waals surface area contributed by atoms with Crippen LogP contribution in [-0.4, -0.2) is 25.9 Å². The van der Waals surface area contributed by atoms with Crippen molar-refractivity contribution in [3.05, 3.63) is 35.9 Å². The summed E-state index contributed by atoms with van der Waals surface area (Å²) in [5.74, 6) is 0.717. The second-order valence-electron chi connectivity index (χ2n) is 5.48. The summed E-state index contributed by atoms with van der Waals surface area (Å²) in [5, 5.41) is 3.36. The summed E-state index contributed by atoms with van der Waals surface area (Å²) < 4.78 is 18.0. The molecule has 1 heterocycles. The molecule has 0 radical (unpaired) electrons. The fourth-order valence-corrected chi connectivity index (χ4v) is 3.82. The molecule has 3 nitrogen and oxygen atoms in total. The smallest absolute Gasteiger partial charge is 0.200 e. The Morgan fingerprint density at radius 3 is 2.63 bits per heavy atom. The fourth-order valence-electron chi connectivity index (χ4n) is 2.44. The predicted octanol–water partition coefficient (Wildman–Crippen LogP) is 3.50. The van der Waals surface area contributed by atoms with Gasteiger partial charge in [-0.2, -0.15) is 0 Å². The Morgan fingerprint density at radius 2 is 1.95 bits per heavy atom. The van der Waals surface area contributed by atoms with Gasteiger partial charge in [0.05, 0.1) is 6.61 Å². The van der Waals surface area contributed by atoms with Gasteiger partial charge in [0.25, 0.3) is 0 Å². The Labute approximate surface area is 116 Å². The van der Waals surface area contributed by atoms with E-state index < -0.39 is 7.37 Å². The molecule has 1 fully saturated rings. The van der Waals surface area contributed by atoms with Gasteiger partial charge in [-0.1, -0.05) is 30.3 Å². The third-order valence-corrected chi connectivity index (χ3v) is 5.50. The van der Waals surface area contributed by atoms with Crippen LogP contribution in [0.25, 0.3) is 0 Å². The van der Waals surface area contributed by atoms with Crippen molar-refractivity contribution >= 4 is 7.37 Å². The Hall–Kier alpha value is -0.630. The van der Waals surface area contributed by atoms with E-state index in [4.69, 9.17) is 4.52 Å². The van der Waals surface area contributed by atoms with Gasteiger partial charge in [0, 0.05) is 12.8 Å². The molecule has 1 aromatic carbocycles. The van der Waals surface area contributed by atoms with Gasteiger partial charge in [-0.25, -0.2) is 0 Å². The molecule has 106 valence electrons. The van der Waals surface area contributed by atoms with Crippen LogP contribution in [0.3, 0.4) is 0 Å². The highest BCUT2D eigenvalue weighted by Crippen LogP contribution is 2.45. The molecule has 0 aliphatic carbocycles. The zero-order valence-corrected chi connectivity index (χ0v) is 12.6. The van der Waals surface area contributed by atoms with Crippen molar-refractivity contribution in [2.75, 3.05) is 25.9 Å². The maximum atomic E-state index is 12.4. The molecule has 0 bridgehead atoms. The molecule has 1 atom stereocenters. The van der Waals surface area contributed by atoms with E-state index in [1.807, 2.05) is 30.3 Å². The van der Waals surface area contributed by atoms with Crippen LogP contribution >= 0.6 is 7.37 Å². The van der Waals surface area contributed by atoms with Crippen LogP contribution in [0, 0.1) is 5.92 Å². The van der Waals surface area contributed by atoms with Gasteiger partial charge < -0.3 is 9.84 Å². The molecule has 1 aliphatic heterocycles. The van der Waals surface area contributed by atoms with E-state index in [9.17, 15) is 4.57 Å². The molecule has 0 amide bonds. The van der Waals surface area contributed by atoms with Gasteiger partial charge >= 0.3 is 0 Å². The quantitative estimate of drug-likeness (QED) is 0.811. The number of benzene rings is 1. The predicted molar refractivity (Wildman–Crippen MR) is 79.8 cm³/mol. The molecule has 0 spiro atoms. The molecule has 1 N–H and O–H groups in total. The van der Waals surface area contributed by atoms with Gasteiger partial charge in [0.1, 0.15) is 0 Å². The Kier molecular flexibility index (Phi) is 5.62. The largest absolute Gasteiger partial charge is 0.324 e. The highest BCUT2D eigenvalue weighted by atomic mass is 31.2. The molecule has 1 saturated heterocycles. The Bertz CT molecular complexity index is 415. The van der Waals surface area contributed by atoms with Crippen LogP contribution in [0.15, 0.2) is 30.3 Å². The summed E-state index contributed by atoms with van der Waals surface area (Å²) in [6, 6.07) is 9.95. The van der Waals surface area contributed by atoms with E-state index in [-0.39, 0.29) is 0 Å². The second-order valence-corrected chi connectivity index (χ2v) is 8.21. The van der Waals surface area contributed by atoms with Crippen molar-refractivity contribution in [1.82, 2.24) is 5.32 Å². The van der Waals surface area contributed by atoms with Crippen molar-refractivity contribution in [3.8, 4) is 0 Å². The van der Waals surface area contributed by atoms with Crippen LogP contribution < -0.4 is 5.32 Å². The zero-order chi connectivity index (χ0) is 13.6. The molecule has 1 aliphatic rings. The maximum Gasteiger partial charge on any atom is 0.200 e. The summed E-state index contributed by atoms with van der Waals surface area (Å²) in [5.41, 5.74) is 1.09. The van der Waals surface area contributed by atoms with E-state index in [1.165, 1.54) is 12.8 Å². The van der Waals surface area contributed by atoms with Crippen LogP contribution in [0.1, 0.15) is 24.8 Å². The topological polar surface area (TPSA) is 38.3 Å². The number of nitrogens with one attached hydrogen (secondary N) is 1. The summed E-state index contributed by atoms with van der Waals surface area (Å²) >= 11 is 0. The first-order valence-corrected chi connectivity index (χ1v) is 9.37. The number of hydrogen-bond donors (Lipinski definition) is 1. The lowest BCUT2D eigenvalue weighted by Gasteiger charge is -2.24. The van der Waals surface area contributed by atoms with E-state index in [0.29, 0.717) is 12.8 Å². The summed E-state index contributed by atoms with van der Waals surface area (Å²) in [6.07, 6.45) is 4.16. The first-order chi connectivity index (χ1) is 9.16. The summed E-state index contributed by atoms with van der Waals surface area (Å²) in [4.78, 5) is 0. The first-order valence-electron chi connectivity index (χ1n) is 7.11. The third kappa shape index (κ3) is 5.48. The van der Waals surface area contributed by atoms with Gasteiger partial charge in [0.2, 0.25) is 7.37 Å². The molecule has 1 unspecified atom stereocenters. The normalized spacial score (nSPS) is 20.1. The number of hydrogen-bond acceptors (Lipinski definition) is 3. The van der Waals surface area contributed by atoms with E-state index >= 15 is 0 Å². The lowest BCUT2D eigenvalue weighted by molar-refractivity contribution is 0.299. The maximum absolute atomic E-state index is 12.4. The molecule has 0 aromatic heterocycles. The number of piperidine rings is 1. The third-order valence-electron chi connectivity index (χ3n) is 3.75. The number of rotatable bonds is 6. The molecule has 1 aromatic rings. The average molecular weight is 281 g/mol. The highest BCUT2D eigenvalue weighted by Gasteiger charge is 2.20. The van der Waals surface area contributed by atoms with Crippen LogP contribution in [0.5, 0.6) is 0 Å². The monoisotopic (exact) mass is 281 g/mol. The van der Waals surface area contributed by atoms with Gasteiger partial charge in [-0.05, 0) is 43.8 Å². The highest BCUT2D eigenvalue weighted by molar-refractivity contribution is 7.58. The zero-order valence-electron chi connectivity index (χ0n) is 11.7. The molecule has 0 saturated carbocycles. The average Bonchev–Trinajstić information content (AvgIpc) is 2.46. The van der Waals surface area contributed by atoms with Crippen LogP contribution in [0.4, 0.5) is 0 Å². The van der Waals surface area contributed by atoms with Crippen molar-refractivity contribution in [3.63, 3.8) is 0 Å². The first kappa shape index (κ1) is 14.8. The van der Waals surface area contributed by atoms with Crippen LogP contribution in [0.2, 0.25) is 0 Å². The van der Waals surface area contributed by atoms with Crippen LogP contribution in [-0.2, 0) is 15.7 Å². The van der Waals surface area contributed by atoms with Crippen molar-refractivity contribution in [2.45, 2.75) is 25.9 Å². The van der Waals surface area contributed by atoms with E-state index in [1.54, 1.807) is 6.66 Å². The van der Waals surface area contributed by atoms with Gasteiger partial charge in [0.15, 0.2) is 0 Å². The van der Waals surface area contributed by atoms with Crippen molar-refractivity contribution in [2.24, 2.45) is 5.92 Å². The van der Waals surface area contributed by atoms with E-state index in [2.05, 4.69) is 5.32 Å². The minimum absolute atomic E-state index is 0.459. The molecule has 19 heavy (non-hydrogen) atoms. The summed E-state index contributed by atoms with van der Waals surface area (Å²) in [6.45, 7) is 4.44. The standard InChI is InChI=1S/C15H24NO2P/c1-19(17,12-9-14-7-10-16-11-8-14)18-13-15-5-3-2-4-6-15/h2-6,14,16H,7-13H2,1H3. The SMILES string of the molecule is CP(=O)(CCC1CCNCC1)OCc1ccccc1. The van der Waals surface area contributed by atoms with Crippen molar-refractivity contribution in [1.29, 1.82) is 0 Å². The molecule has 4 heteroatoms.